The smallest absolute Gasteiger partial charge is 0.270 e. The van der Waals surface area contributed by atoms with E-state index in [0.29, 0.717) is 20.7 Å². The van der Waals surface area contributed by atoms with Crippen LogP contribution in [0.5, 0.6) is 0 Å². The molecule has 1 saturated heterocycles. The molecule has 0 aliphatic carbocycles. The number of anilines is 1. The van der Waals surface area contributed by atoms with Gasteiger partial charge in [-0.15, -0.1) is 0 Å². The van der Waals surface area contributed by atoms with Gasteiger partial charge in [-0.25, -0.2) is 4.39 Å². The summed E-state index contributed by atoms with van der Waals surface area (Å²) in [4.78, 5) is 14.2. The topological polar surface area (TPSA) is 33.5 Å². The van der Waals surface area contributed by atoms with Gasteiger partial charge in [-0.3, -0.25) is 9.69 Å². The number of amides is 1. The molecule has 1 aromatic heterocycles. The van der Waals surface area contributed by atoms with Gasteiger partial charge in [0.2, 0.25) is 0 Å². The fourth-order valence-corrected chi connectivity index (χ4v) is 3.55. The van der Waals surface area contributed by atoms with E-state index in [0.717, 1.165) is 3.77 Å². The number of rotatable bonds is 2. The molecule has 0 spiro atoms. The van der Waals surface area contributed by atoms with Crippen LogP contribution in [-0.4, -0.2) is 10.2 Å². The lowest BCUT2D eigenvalue weighted by atomic mass is 10.2. The Morgan fingerprint density at radius 2 is 2.14 bits per heavy atom. The lowest BCUT2D eigenvalue weighted by Gasteiger charge is -2.14. The SMILES string of the molecule is O=C1/C(=C\c2ccc(I)o2)SC(=S)N1c1cccc(F)c1. The van der Waals surface area contributed by atoms with Gasteiger partial charge in [0, 0.05) is 6.08 Å². The first-order valence-electron chi connectivity index (χ1n) is 5.83. The van der Waals surface area contributed by atoms with Gasteiger partial charge in [0.25, 0.3) is 5.91 Å². The van der Waals surface area contributed by atoms with Gasteiger partial charge >= 0.3 is 0 Å². The molecule has 0 bridgehead atoms. The number of carbonyl (C=O) groups is 1. The Kier molecular flexibility index (Phi) is 4.14. The average molecular weight is 431 g/mol. The van der Waals surface area contributed by atoms with Crippen molar-refractivity contribution in [3.63, 3.8) is 0 Å². The van der Waals surface area contributed by atoms with E-state index in [1.807, 2.05) is 22.6 Å². The molecule has 2 heterocycles. The minimum absolute atomic E-state index is 0.276. The molecular weight excluding hydrogens is 424 g/mol. The average Bonchev–Trinajstić information content (AvgIpc) is 2.94. The minimum atomic E-state index is -0.411. The quantitative estimate of drug-likeness (QED) is 0.400. The molecule has 0 saturated carbocycles. The highest BCUT2D eigenvalue weighted by Crippen LogP contribution is 2.36. The van der Waals surface area contributed by atoms with Crippen molar-refractivity contribution in [2.45, 2.75) is 0 Å². The highest BCUT2D eigenvalue weighted by molar-refractivity contribution is 14.1. The Bertz CT molecular complexity index is 772. The summed E-state index contributed by atoms with van der Waals surface area (Å²) in [5, 5.41) is 0. The minimum Gasteiger partial charge on any atom is -0.451 e. The van der Waals surface area contributed by atoms with Crippen LogP contribution in [0.25, 0.3) is 6.08 Å². The lowest BCUT2D eigenvalue weighted by Crippen LogP contribution is -2.27. The van der Waals surface area contributed by atoms with Crippen LogP contribution in [0.15, 0.2) is 45.7 Å². The van der Waals surface area contributed by atoms with Gasteiger partial charge in [0.05, 0.1) is 10.6 Å². The number of thioether (sulfide) groups is 1. The molecule has 7 heteroatoms. The van der Waals surface area contributed by atoms with Crippen LogP contribution in [0, 0.1) is 9.58 Å². The summed E-state index contributed by atoms with van der Waals surface area (Å²) in [6.07, 6.45) is 1.64. The van der Waals surface area contributed by atoms with Gasteiger partial charge in [-0.05, 0) is 52.9 Å². The van der Waals surface area contributed by atoms with Crippen molar-refractivity contribution in [3.8, 4) is 0 Å². The molecule has 1 amide bonds. The van der Waals surface area contributed by atoms with E-state index in [1.54, 1.807) is 30.3 Å². The summed E-state index contributed by atoms with van der Waals surface area (Å²) in [5.74, 6) is -0.104. The van der Waals surface area contributed by atoms with E-state index in [1.165, 1.54) is 28.8 Å². The molecule has 3 rings (SSSR count). The van der Waals surface area contributed by atoms with Gasteiger partial charge in [-0.1, -0.05) is 30.0 Å². The summed E-state index contributed by atoms with van der Waals surface area (Å²) >= 11 is 8.43. The normalized spacial score (nSPS) is 17.0. The number of thiocarbonyl (C=S) groups is 1. The molecular formula is C14H7FINO2S2. The van der Waals surface area contributed by atoms with E-state index < -0.39 is 5.82 Å². The Morgan fingerprint density at radius 3 is 2.81 bits per heavy atom. The highest BCUT2D eigenvalue weighted by Gasteiger charge is 2.33. The van der Waals surface area contributed by atoms with Crippen molar-refractivity contribution in [1.82, 2.24) is 0 Å². The van der Waals surface area contributed by atoms with Crippen LogP contribution in [0.4, 0.5) is 10.1 Å². The predicted molar refractivity (Wildman–Crippen MR) is 93.5 cm³/mol. The molecule has 1 aromatic carbocycles. The van der Waals surface area contributed by atoms with Gasteiger partial charge in [0.15, 0.2) is 8.09 Å². The van der Waals surface area contributed by atoms with Crippen LogP contribution in [-0.2, 0) is 4.79 Å². The maximum absolute atomic E-state index is 13.3. The van der Waals surface area contributed by atoms with Gasteiger partial charge in [-0.2, -0.15) is 0 Å². The largest absolute Gasteiger partial charge is 0.451 e. The molecule has 0 atom stereocenters. The van der Waals surface area contributed by atoms with Crippen LogP contribution in [0.3, 0.4) is 0 Å². The molecule has 1 aliphatic rings. The number of benzene rings is 1. The second-order valence-electron chi connectivity index (χ2n) is 4.14. The second kappa shape index (κ2) is 5.90. The van der Waals surface area contributed by atoms with Crippen LogP contribution in [0.1, 0.15) is 5.76 Å². The molecule has 1 fully saturated rings. The summed E-state index contributed by atoms with van der Waals surface area (Å²) in [5.41, 5.74) is 0.426. The first-order valence-corrected chi connectivity index (χ1v) is 8.14. The van der Waals surface area contributed by atoms with E-state index in [2.05, 4.69) is 0 Å². The number of nitrogens with zero attached hydrogens (tertiary/aromatic N) is 1. The van der Waals surface area contributed by atoms with E-state index in [4.69, 9.17) is 16.6 Å². The monoisotopic (exact) mass is 431 g/mol. The van der Waals surface area contributed by atoms with Crippen molar-refractivity contribution in [2.75, 3.05) is 4.90 Å². The molecule has 1 aliphatic heterocycles. The fraction of sp³-hybridized carbons (Fsp3) is 0. The van der Waals surface area contributed by atoms with Crippen molar-refractivity contribution < 1.29 is 13.6 Å². The summed E-state index contributed by atoms with van der Waals surface area (Å²) < 4.78 is 19.8. The van der Waals surface area contributed by atoms with Crippen molar-refractivity contribution in [1.29, 1.82) is 0 Å². The first kappa shape index (κ1) is 14.7. The molecule has 106 valence electrons. The zero-order valence-corrected chi connectivity index (χ0v) is 14.2. The maximum Gasteiger partial charge on any atom is 0.270 e. The highest BCUT2D eigenvalue weighted by atomic mass is 127. The van der Waals surface area contributed by atoms with Crippen LogP contribution < -0.4 is 4.90 Å². The van der Waals surface area contributed by atoms with E-state index in [9.17, 15) is 9.18 Å². The van der Waals surface area contributed by atoms with Crippen LogP contribution in [0.2, 0.25) is 0 Å². The summed E-state index contributed by atoms with van der Waals surface area (Å²) in [6.45, 7) is 0. The Hall–Kier alpha value is -1.19. The van der Waals surface area contributed by atoms with E-state index in [-0.39, 0.29) is 5.91 Å². The third-order valence-corrected chi connectivity index (χ3v) is 4.61. The fourth-order valence-electron chi connectivity index (χ4n) is 1.84. The first-order chi connectivity index (χ1) is 10.0. The standard InChI is InChI=1S/C14H7FINO2S2/c15-8-2-1-3-9(6-8)17-13(18)11(21-14(17)20)7-10-4-5-12(16)19-10/h1-7H/b11-7+. The van der Waals surface area contributed by atoms with Crippen molar-refractivity contribution >= 4 is 68.6 Å². The molecule has 2 aromatic rings. The third-order valence-electron chi connectivity index (χ3n) is 2.73. The van der Waals surface area contributed by atoms with Gasteiger partial charge in [0.1, 0.15) is 11.6 Å². The lowest BCUT2D eigenvalue weighted by molar-refractivity contribution is -0.113. The molecule has 0 N–H and O–H groups in total. The maximum atomic E-state index is 13.3. The molecule has 0 radical (unpaired) electrons. The second-order valence-corrected chi connectivity index (χ2v) is 6.88. The van der Waals surface area contributed by atoms with Crippen molar-refractivity contribution in [3.05, 3.63) is 56.6 Å². The number of hydrogen-bond acceptors (Lipinski definition) is 4. The zero-order valence-electron chi connectivity index (χ0n) is 10.4. The number of halogens is 2. The zero-order chi connectivity index (χ0) is 15.0. The number of carbonyl (C=O) groups excluding carboxylic acids is 1. The number of furan rings is 1. The Morgan fingerprint density at radius 1 is 1.33 bits per heavy atom. The number of hydrogen-bond donors (Lipinski definition) is 0. The summed E-state index contributed by atoms with van der Waals surface area (Å²) in [6, 6.07) is 9.37. The Balaban J connectivity index is 1.94. The third kappa shape index (κ3) is 3.04. The van der Waals surface area contributed by atoms with Crippen LogP contribution >= 0.6 is 46.6 Å². The predicted octanol–water partition coefficient (Wildman–Crippen LogP) is 4.43. The summed E-state index contributed by atoms with van der Waals surface area (Å²) in [7, 11) is 0. The van der Waals surface area contributed by atoms with Crippen molar-refractivity contribution in [2.24, 2.45) is 0 Å². The molecule has 3 nitrogen and oxygen atoms in total. The van der Waals surface area contributed by atoms with E-state index >= 15 is 0 Å². The Labute approximate surface area is 143 Å². The van der Waals surface area contributed by atoms with Gasteiger partial charge < -0.3 is 4.42 Å². The molecule has 21 heavy (non-hydrogen) atoms. The molecule has 0 unspecified atom stereocenters.